The maximum atomic E-state index is 13.9. The topological polar surface area (TPSA) is 51.7 Å². The summed E-state index contributed by atoms with van der Waals surface area (Å²) in [5.41, 5.74) is -0.0191. The monoisotopic (exact) mass is 334 g/mol. The number of carbonyl (C=O) groups excluding carboxylic acids is 1. The second-order valence-corrected chi connectivity index (χ2v) is 7.35. The van der Waals surface area contributed by atoms with Gasteiger partial charge in [-0.1, -0.05) is 6.07 Å². The van der Waals surface area contributed by atoms with E-state index in [4.69, 9.17) is 9.47 Å². The molecule has 1 spiro atoms. The lowest BCUT2D eigenvalue weighted by atomic mass is 9.84. The Bertz CT molecular complexity index is 641. The molecule has 1 aliphatic carbocycles. The Hall–Kier alpha value is -1.53. The van der Waals surface area contributed by atoms with Crippen LogP contribution in [0.4, 0.5) is 4.39 Å². The van der Waals surface area contributed by atoms with Gasteiger partial charge < -0.3 is 14.4 Å². The van der Waals surface area contributed by atoms with Crippen LogP contribution < -0.4 is 0 Å². The highest BCUT2D eigenvalue weighted by molar-refractivity contribution is 5.88. The van der Waals surface area contributed by atoms with Crippen molar-refractivity contribution in [2.24, 2.45) is 0 Å². The van der Waals surface area contributed by atoms with E-state index in [-0.39, 0.29) is 17.6 Å². The van der Waals surface area contributed by atoms with Crippen LogP contribution in [0.2, 0.25) is 0 Å². The van der Waals surface area contributed by atoms with Crippen molar-refractivity contribution in [2.45, 2.75) is 56.6 Å². The van der Waals surface area contributed by atoms with Crippen LogP contribution in [0.25, 0.3) is 0 Å². The van der Waals surface area contributed by atoms with Gasteiger partial charge in [0.25, 0.3) is 5.91 Å². The predicted octanol–water partition coefficient (Wildman–Crippen LogP) is 2.17. The van der Waals surface area contributed by atoms with Crippen molar-refractivity contribution in [1.29, 1.82) is 0 Å². The van der Waals surface area contributed by atoms with Gasteiger partial charge in [-0.3, -0.25) is 9.78 Å². The van der Waals surface area contributed by atoms with Gasteiger partial charge in [0.1, 0.15) is 5.60 Å². The summed E-state index contributed by atoms with van der Waals surface area (Å²) in [6, 6.07) is 5.90. The molecule has 0 bridgehead atoms. The number of aromatic nitrogens is 1. The number of ether oxygens (including phenoxy) is 2. The molecule has 3 aliphatic rings. The first-order chi connectivity index (χ1) is 11.5. The van der Waals surface area contributed by atoms with Crippen LogP contribution in [0.15, 0.2) is 18.2 Å². The molecule has 0 N–H and O–H groups in total. The highest BCUT2D eigenvalue weighted by atomic mass is 19.1. The van der Waals surface area contributed by atoms with Crippen LogP contribution in [0.1, 0.15) is 37.1 Å². The molecule has 2 saturated heterocycles. The maximum Gasteiger partial charge on any atom is 0.260 e. The average Bonchev–Trinajstić information content (AvgIpc) is 3.29. The Labute approximate surface area is 141 Å². The van der Waals surface area contributed by atoms with Gasteiger partial charge in [0.05, 0.1) is 31.5 Å². The number of carbonyl (C=O) groups is 1. The third-order valence-electron chi connectivity index (χ3n) is 5.18. The Morgan fingerprint density at radius 1 is 1.46 bits per heavy atom. The molecule has 24 heavy (non-hydrogen) atoms. The highest BCUT2D eigenvalue weighted by Crippen LogP contribution is 2.44. The molecule has 0 aromatic carbocycles. The first kappa shape index (κ1) is 16.0. The van der Waals surface area contributed by atoms with Gasteiger partial charge >= 0.3 is 0 Å². The summed E-state index contributed by atoms with van der Waals surface area (Å²) in [7, 11) is 0. The van der Waals surface area contributed by atoms with Crippen LogP contribution in [0, 0.1) is 6.92 Å². The molecule has 130 valence electrons. The molecule has 1 saturated carbocycles. The lowest BCUT2D eigenvalue weighted by Crippen LogP contribution is -2.68. The second-order valence-electron chi connectivity index (χ2n) is 7.35. The number of pyridine rings is 1. The van der Waals surface area contributed by atoms with Crippen molar-refractivity contribution < 1.29 is 18.7 Å². The van der Waals surface area contributed by atoms with E-state index in [0.717, 1.165) is 24.2 Å². The molecular weight excluding hydrogens is 311 g/mol. The molecule has 1 atom stereocenters. The normalized spacial score (nSPS) is 26.9. The van der Waals surface area contributed by atoms with Crippen molar-refractivity contribution in [1.82, 2.24) is 9.88 Å². The van der Waals surface area contributed by atoms with E-state index in [1.165, 1.54) is 0 Å². The molecule has 0 unspecified atom stereocenters. The molecule has 3 fully saturated rings. The van der Waals surface area contributed by atoms with Gasteiger partial charge in [-0.05, 0) is 38.3 Å². The zero-order chi connectivity index (χ0) is 16.8. The number of aryl methyl sites for hydroxylation is 1. The number of nitrogens with zero attached hydrogens (tertiary/aromatic N) is 2. The van der Waals surface area contributed by atoms with Crippen molar-refractivity contribution in [3.8, 4) is 0 Å². The van der Waals surface area contributed by atoms with Crippen molar-refractivity contribution in [3.63, 3.8) is 0 Å². The lowest BCUT2D eigenvalue weighted by molar-refractivity contribution is -0.205. The highest BCUT2D eigenvalue weighted by Gasteiger charge is 2.58. The molecule has 3 heterocycles. The molecule has 4 rings (SSSR count). The van der Waals surface area contributed by atoms with Crippen LogP contribution >= 0.6 is 0 Å². The van der Waals surface area contributed by atoms with E-state index in [1.807, 2.05) is 25.1 Å². The fourth-order valence-electron chi connectivity index (χ4n) is 3.63. The Morgan fingerprint density at radius 2 is 2.25 bits per heavy atom. The SMILES string of the molecule is Cc1cccc(CO[C@@H]2CCOC3(C2)CN(C(=O)C2(F)CC2)C3)n1. The molecule has 1 aromatic heterocycles. The number of alkyl halides is 1. The second kappa shape index (κ2) is 5.77. The first-order valence-corrected chi connectivity index (χ1v) is 8.65. The van der Waals surface area contributed by atoms with Gasteiger partial charge in [-0.25, -0.2) is 4.39 Å². The molecular formula is C18H23FN2O3. The Morgan fingerprint density at radius 3 is 2.96 bits per heavy atom. The van der Waals surface area contributed by atoms with Crippen LogP contribution in [-0.4, -0.2) is 52.9 Å². The largest absolute Gasteiger partial charge is 0.372 e. The standard InChI is InChI=1S/C18H23FN2O3/c1-13-3-2-4-14(20-13)10-23-15-5-8-24-17(9-15)11-21(12-17)16(22)18(19)6-7-18/h2-4,15H,5-12H2,1H3/t15-/m1/s1. The summed E-state index contributed by atoms with van der Waals surface area (Å²) in [6.07, 6.45) is 2.42. The Balaban J connectivity index is 1.29. The number of halogens is 1. The minimum Gasteiger partial charge on any atom is -0.372 e. The minimum atomic E-state index is -1.58. The predicted molar refractivity (Wildman–Crippen MR) is 85.1 cm³/mol. The third-order valence-corrected chi connectivity index (χ3v) is 5.18. The zero-order valence-corrected chi connectivity index (χ0v) is 14.0. The molecule has 1 amide bonds. The van der Waals surface area contributed by atoms with Crippen molar-refractivity contribution >= 4 is 5.91 Å². The van der Waals surface area contributed by atoms with Crippen molar-refractivity contribution in [3.05, 3.63) is 29.6 Å². The van der Waals surface area contributed by atoms with Crippen LogP contribution in [0.3, 0.4) is 0 Å². The minimum absolute atomic E-state index is 0.0959. The van der Waals surface area contributed by atoms with E-state index in [1.54, 1.807) is 4.90 Å². The van der Waals surface area contributed by atoms with Gasteiger partial charge in [0, 0.05) is 18.7 Å². The number of amides is 1. The summed E-state index contributed by atoms with van der Waals surface area (Å²) < 4.78 is 25.8. The summed E-state index contributed by atoms with van der Waals surface area (Å²) in [6.45, 7) is 4.04. The Kier molecular flexibility index (Phi) is 3.84. The quantitative estimate of drug-likeness (QED) is 0.847. The summed E-state index contributed by atoms with van der Waals surface area (Å²) in [5, 5.41) is 0. The van der Waals surface area contributed by atoms with Gasteiger partial charge in [-0.2, -0.15) is 0 Å². The molecule has 0 radical (unpaired) electrons. The number of likely N-dealkylation sites (tertiary alicyclic amines) is 1. The average molecular weight is 334 g/mol. The van der Waals surface area contributed by atoms with E-state index in [9.17, 15) is 9.18 Å². The van der Waals surface area contributed by atoms with E-state index in [2.05, 4.69) is 4.98 Å². The van der Waals surface area contributed by atoms with Gasteiger partial charge in [0.15, 0.2) is 5.67 Å². The molecule has 6 heteroatoms. The summed E-state index contributed by atoms with van der Waals surface area (Å²) in [5.74, 6) is -0.358. The van der Waals surface area contributed by atoms with Gasteiger partial charge in [-0.15, -0.1) is 0 Å². The van der Waals surface area contributed by atoms with E-state index in [0.29, 0.717) is 39.1 Å². The summed E-state index contributed by atoms with van der Waals surface area (Å²) >= 11 is 0. The first-order valence-electron chi connectivity index (χ1n) is 8.65. The number of hydrogen-bond acceptors (Lipinski definition) is 4. The molecule has 5 nitrogen and oxygen atoms in total. The van der Waals surface area contributed by atoms with Crippen LogP contribution in [-0.2, 0) is 20.9 Å². The molecule has 1 aromatic rings. The van der Waals surface area contributed by atoms with E-state index < -0.39 is 5.67 Å². The van der Waals surface area contributed by atoms with Crippen LogP contribution in [0.5, 0.6) is 0 Å². The molecule has 2 aliphatic heterocycles. The maximum absolute atomic E-state index is 13.9. The van der Waals surface area contributed by atoms with Gasteiger partial charge in [0.2, 0.25) is 0 Å². The smallest absolute Gasteiger partial charge is 0.260 e. The van der Waals surface area contributed by atoms with Crippen molar-refractivity contribution in [2.75, 3.05) is 19.7 Å². The fraction of sp³-hybridized carbons (Fsp3) is 0.667. The van der Waals surface area contributed by atoms with E-state index >= 15 is 0 Å². The lowest BCUT2D eigenvalue weighted by Gasteiger charge is -2.53. The number of rotatable bonds is 4. The zero-order valence-electron chi connectivity index (χ0n) is 14.0. The number of hydrogen-bond donors (Lipinski definition) is 0. The summed E-state index contributed by atoms with van der Waals surface area (Å²) in [4.78, 5) is 18.1. The third kappa shape index (κ3) is 3.05. The fourth-order valence-corrected chi connectivity index (χ4v) is 3.63.